The molecule has 164 valence electrons. The Labute approximate surface area is 196 Å². The molecule has 0 saturated carbocycles. The number of fused-ring (bicyclic) bond motifs is 1. The minimum atomic E-state index is 0. The molecule has 2 aliphatic rings. The SMILES string of the molecule is Cl.Cl.c1ccc(-c2cccc(CN3CCN(c4cccc5c4OCCO5)CC3)c2)cc1. The van der Waals surface area contributed by atoms with Gasteiger partial charge in [0.25, 0.3) is 0 Å². The van der Waals surface area contributed by atoms with Gasteiger partial charge >= 0.3 is 0 Å². The van der Waals surface area contributed by atoms with Crippen LogP contribution in [0.5, 0.6) is 11.5 Å². The van der Waals surface area contributed by atoms with Crippen LogP contribution in [0.1, 0.15) is 5.56 Å². The second-order valence-corrected chi connectivity index (χ2v) is 7.63. The van der Waals surface area contributed by atoms with Crippen molar-refractivity contribution in [2.24, 2.45) is 0 Å². The van der Waals surface area contributed by atoms with E-state index < -0.39 is 0 Å². The van der Waals surface area contributed by atoms with E-state index in [0.717, 1.165) is 49.9 Å². The lowest BCUT2D eigenvalue weighted by Crippen LogP contribution is -2.46. The number of para-hydroxylation sites is 1. The van der Waals surface area contributed by atoms with Crippen LogP contribution in [0.25, 0.3) is 11.1 Å². The van der Waals surface area contributed by atoms with Crippen LogP contribution >= 0.6 is 24.8 Å². The molecule has 0 aliphatic carbocycles. The molecular weight excluding hydrogens is 431 g/mol. The molecule has 0 spiro atoms. The summed E-state index contributed by atoms with van der Waals surface area (Å²) in [5.41, 5.74) is 5.09. The molecule has 3 aromatic rings. The first-order chi connectivity index (χ1) is 14.4. The first-order valence-corrected chi connectivity index (χ1v) is 10.4. The fraction of sp³-hybridized carbons (Fsp3) is 0.280. The van der Waals surface area contributed by atoms with Gasteiger partial charge < -0.3 is 14.4 Å². The molecule has 0 bridgehead atoms. The van der Waals surface area contributed by atoms with E-state index in [-0.39, 0.29) is 24.8 Å². The van der Waals surface area contributed by atoms with Crippen LogP contribution in [-0.2, 0) is 6.54 Å². The van der Waals surface area contributed by atoms with Crippen LogP contribution < -0.4 is 14.4 Å². The van der Waals surface area contributed by atoms with Gasteiger partial charge in [0.1, 0.15) is 13.2 Å². The summed E-state index contributed by atoms with van der Waals surface area (Å²) >= 11 is 0. The topological polar surface area (TPSA) is 24.9 Å². The molecule has 0 unspecified atom stereocenters. The number of nitrogens with zero attached hydrogens (tertiary/aromatic N) is 2. The molecule has 2 heterocycles. The molecule has 1 fully saturated rings. The predicted molar refractivity (Wildman–Crippen MR) is 131 cm³/mol. The van der Waals surface area contributed by atoms with Crippen molar-refractivity contribution in [1.82, 2.24) is 4.90 Å². The molecule has 3 aromatic carbocycles. The molecule has 0 radical (unpaired) electrons. The van der Waals surface area contributed by atoms with E-state index in [1.807, 2.05) is 6.07 Å². The van der Waals surface area contributed by atoms with Gasteiger partial charge in [-0.05, 0) is 34.9 Å². The average molecular weight is 459 g/mol. The number of rotatable bonds is 4. The largest absolute Gasteiger partial charge is 0.486 e. The van der Waals surface area contributed by atoms with Crippen molar-refractivity contribution in [2.75, 3.05) is 44.3 Å². The van der Waals surface area contributed by atoms with E-state index >= 15 is 0 Å². The quantitative estimate of drug-likeness (QED) is 0.530. The highest BCUT2D eigenvalue weighted by atomic mass is 35.5. The second-order valence-electron chi connectivity index (χ2n) is 7.63. The van der Waals surface area contributed by atoms with Crippen LogP contribution in [0.15, 0.2) is 72.8 Å². The number of halogens is 2. The standard InChI is InChI=1S/C25H26N2O2.2ClH/c1-2-7-21(8-3-1)22-9-4-6-20(18-22)19-26-12-14-27(15-13-26)23-10-5-11-24-25(23)29-17-16-28-24;;/h1-11,18H,12-17,19H2;2*1H. The number of hydrogen-bond donors (Lipinski definition) is 0. The van der Waals surface area contributed by atoms with E-state index in [1.165, 1.54) is 16.7 Å². The Morgan fingerprint density at radius 2 is 1.39 bits per heavy atom. The van der Waals surface area contributed by atoms with E-state index in [1.54, 1.807) is 0 Å². The zero-order valence-electron chi connectivity index (χ0n) is 17.4. The van der Waals surface area contributed by atoms with Gasteiger partial charge in [-0.3, -0.25) is 4.90 Å². The fourth-order valence-electron chi connectivity index (χ4n) is 4.19. The maximum absolute atomic E-state index is 5.91. The molecule has 0 aromatic heterocycles. The Hall–Kier alpha value is -2.40. The molecule has 0 N–H and O–H groups in total. The third-order valence-electron chi connectivity index (χ3n) is 5.70. The maximum Gasteiger partial charge on any atom is 0.184 e. The van der Waals surface area contributed by atoms with Gasteiger partial charge in [-0.1, -0.05) is 54.6 Å². The zero-order valence-corrected chi connectivity index (χ0v) is 19.0. The van der Waals surface area contributed by atoms with Gasteiger partial charge in [0.05, 0.1) is 5.69 Å². The van der Waals surface area contributed by atoms with Gasteiger partial charge in [-0.15, -0.1) is 24.8 Å². The summed E-state index contributed by atoms with van der Waals surface area (Å²) in [5, 5.41) is 0. The summed E-state index contributed by atoms with van der Waals surface area (Å²) in [7, 11) is 0. The number of ether oxygens (including phenoxy) is 2. The van der Waals surface area contributed by atoms with Crippen LogP contribution in [0, 0.1) is 0 Å². The molecule has 1 saturated heterocycles. The Kier molecular flexibility index (Phi) is 8.08. The molecule has 31 heavy (non-hydrogen) atoms. The molecule has 6 heteroatoms. The summed E-state index contributed by atoms with van der Waals surface area (Å²) in [5.74, 6) is 1.77. The number of anilines is 1. The predicted octanol–water partition coefficient (Wildman–Crippen LogP) is 5.29. The van der Waals surface area contributed by atoms with Gasteiger partial charge in [0, 0.05) is 32.7 Å². The van der Waals surface area contributed by atoms with Crippen molar-refractivity contribution in [3.63, 3.8) is 0 Å². The first kappa shape index (κ1) is 23.3. The monoisotopic (exact) mass is 458 g/mol. The number of benzene rings is 3. The van der Waals surface area contributed by atoms with Crippen LogP contribution in [-0.4, -0.2) is 44.3 Å². The Bertz CT molecular complexity index is 976. The maximum atomic E-state index is 5.91. The molecule has 2 aliphatic heterocycles. The molecular formula is C25H28Cl2N2O2. The van der Waals surface area contributed by atoms with Crippen molar-refractivity contribution < 1.29 is 9.47 Å². The molecule has 4 nitrogen and oxygen atoms in total. The van der Waals surface area contributed by atoms with Gasteiger partial charge in [0.15, 0.2) is 11.5 Å². The van der Waals surface area contributed by atoms with Crippen molar-refractivity contribution in [3.05, 3.63) is 78.4 Å². The minimum absolute atomic E-state index is 0. The molecule has 0 amide bonds. The average Bonchev–Trinajstić information content (AvgIpc) is 2.80. The highest BCUT2D eigenvalue weighted by Crippen LogP contribution is 2.39. The summed E-state index contributed by atoms with van der Waals surface area (Å²) < 4.78 is 11.6. The third kappa shape index (κ3) is 5.27. The van der Waals surface area contributed by atoms with E-state index in [9.17, 15) is 0 Å². The van der Waals surface area contributed by atoms with Crippen molar-refractivity contribution >= 4 is 30.5 Å². The summed E-state index contributed by atoms with van der Waals surface area (Å²) in [6, 6.07) is 25.7. The van der Waals surface area contributed by atoms with Crippen molar-refractivity contribution in [2.45, 2.75) is 6.54 Å². The number of hydrogen-bond acceptors (Lipinski definition) is 4. The molecule has 0 atom stereocenters. The van der Waals surface area contributed by atoms with Crippen molar-refractivity contribution in [1.29, 1.82) is 0 Å². The Morgan fingerprint density at radius 3 is 2.19 bits per heavy atom. The smallest absolute Gasteiger partial charge is 0.184 e. The third-order valence-corrected chi connectivity index (χ3v) is 5.70. The zero-order chi connectivity index (χ0) is 19.5. The van der Waals surface area contributed by atoms with E-state index in [4.69, 9.17) is 9.47 Å². The van der Waals surface area contributed by atoms with Crippen LogP contribution in [0.2, 0.25) is 0 Å². The normalized spacial score (nSPS) is 15.5. The second kappa shape index (κ2) is 10.8. The first-order valence-electron chi connectivity index (χ1n) is 10.4. The highest BCUT2D eigenvalue weighted by Gasteiger charge is 2.23. The van der Waals surface area contributed by atoms with E-state index in [0.29, 0.717) is 13.2 Å². The summed E-state index contributed by atoms with van der Waals surface area (Å²) in [6.45, 7) is 6.32. The number of piperazine rings is 1. The lowest BCUT2D eigenvalue weighted by Gasteiger charge is -2.37. The van der Waals surface area contributed by atoms with E-state index in [2.05, 4.69) is 76.5 Å². The van der Waals surface area contributed by atoms with Crippen molar-refractivity contribution in [3.8, 4) is 22.6 Å². The highest BCUT2D eigenvalue weighted by molar-refractivity contribution is 5.85. The summed E-state index contributed by atoms with van der Waals surface area (Å²) in [6.07, 6.45) is 0. The Morgan fingerprint density at radius 1 is 0.677 bits per heavy atom. The Balaban J connectivity index is 0.00000136. The lowest BCUT2D eigenvalue weighted by molar-refractivity contribution is 0.171. The van der Waals surface area contributed by atoms with Gasteiger partial charge in [-0.25, -0.2) is 0 Å². The van der Waals surface area contributed by atoms with Gasteiger partial charge in [-0.2, -0.15) is 0 Å². The van der Waals surface area contributed by atoms with Crippen LogP contribution in [0.3, 0.4) is 0 Å². The minimum Gasteiger partial charge on any atom is -0.486 e. The van der Waals surface area contributed by atoms with Crippen LogP contribution in [0.4, 0.5) is 5.69 Å². The summed E-state index contributed by atoms with van der Waals surface area (Å²) in [4.78, 5) is 4.96. The fourth-order valence-corrected chi connectivity index (χ4v) is 4.19. The lowest BCUT2D eigenvalue weighted by atomic mass is 10.0. The molecule has 5 rings (SSSR count). The van der Waals surface area contributed by atoms with Gasteiger partial charge in [0.2, 0.25) is 0 Å².